The fraction of sp³-hybridized carbons (Fsp3) is 0.364. The number of fused-ring (bicyclic) bond motifs is 1. The summed E-state index contributed by atoms with van der Waals surface area (Å²) >= 11 is 3.34. The van der Waals surface area contributed by atoms with E-state index in [1.807, 2.05) is 19.2 Å². The van der Waals surface area contributed by atoms with E-state index in [0.717, 1.165) is 35.5 Å². The Morgan fingerprint density at radius 3 is 2.89 bits per heavy atom. The summed E-state index contributed by atoms with van der Waals surface area (Å²) in [4.78, 5) is 14.3. The molecule has 0 unspecified atom stereocenters. The van der Waals surface area contributed by atoms with E-state index in [1.165, 1.54) is 0 Å². The quantitative estimate of drug-likeness (QED) is 0.836. The van der Waals surface area contributed by atoms with Crippen LogP contribution in [-0.4, -0.2) is 34.1 Å². The highest BCUT2D eigenvalue weighted by atomic mass is 79.9. The first kappa shape index (κ1) is 12.8. The van der Waals surface area contributed by atoms with Gasteiger partial charge in [0.15, 0.2) is 5.65 Å². The molecule has 2 aromatic rings. The fourth-order valence-electron chi connectivity index (χ4n) is 1.54. The standard InChI is InChI=1S/C7H7BrN4.C4H7NO/c1-9-6-2-3-7-10-4-5(8)12(7)11-6;6-4-2-1-3-5-4/h2-4H,1H3,(H,9,11);1-3H2,(H,5,6). The molecule has 0 saturated carbocycles. The molecule has 0 aliphatic carbocycles. The van der Waals surface area contributed by atoms with Gasteiger partial charge in [-0.05, 0) is 34.5 Å². The maximum Gasteiger partial charge on any atom is 0.220 e. The maximum atomic E-state index is 10.1. The molecule has 0 spiro atoms. The van der Waals surface area contributed by atoms with Crippen molar-refractivity contribution in [2.45, 2.75) is 12.8 Å². The highest BCUT2D eigenvalue weighted by Gasteiger charge is 2.05. The Morgan fingerprint density at radius 1 is 1.50 bits per heavy atom. The van der Waals surface area contributed by atoms with Gasteiger partial charge < -0.3 is 10.6 Å². The summed E-state index contributed by atoms with van der Waals surface area (Å²) < 4.78 is 2.58. The fourth-order valence-corrected chi connectivity index (χ4v) is 1.91. The SMILES string of the molecule is CNc1ccc2ncc(Br)n2n1.O=C1CCCN1. The number of nitrogens with one attached hydrogen (secondary N) is 2. The van der Waals surface area contributed by atoms with Crippen LogP contribution in [0.2, 0.25) is 0 Å². The van der Waals surface area contributed by atoms with Crippen LogP contribution < -0.4 is 10.6 Å². The van der Waals surface area contributed by atoms with Crippen molar-refractivity contribution in [2.75, 3.05) is 18.9 Å². The van der Waals surface area contributed by atoms with E-state index >= 15 is 0 Å². The number of imidazole rings is 1. The predicted octanol–water partition coefficient (Wildman–Crippen LogP) is 1.43. The number of aromatic nitrogens is 3. The van der Waals surface area contributed by atoms with Gasteiger partial charge in [0.1, 0.15) is 10.4 Å². The normalized spacial score (nSPS) is 14.0. The third-order valence-electron chi connectivity index (χ3n) is 2.48. The zero-order valence-electron chi connectivity index (χ0n) is 9.98. The first-order valence-electron chi connectivity index (χ1n) is 5.65. The number of anilines is 1. The van der Waals surface area contributed by atoms with Gasteiger partial charge in [0.05, 0.1) is 6.20 Å². The molecule has 1 saturated heterocycles. The van der Waals surface area contributed by atoms with E-state index in [9.17, 15) is 4.79 Å². The van der Waals surface area contributed by atoms with Crippen molar-refractivity contribution in [3.63, 3.8) is 0 Å². The average Bonchev–Trinajstić information content (AvgIpc) is 3.00. The van der Waals surface area contributed by atoms with Gasteiger partial charge in [-0.15, -0.1) is 5.10 Å². The van der Waals surface area contributed by atoms with Crippen LogP contribution >= 0.6 is 15.9 Å². The molecule has 2 N–H and O–H groups in total. The smallest absolute Gasteiger partial charge is 0.220 e. The van der Waals surface area contributed by atoms with Crippen molar-refractivity contribution < 1.29 is 4.79 Å². The number of nitrogens with zero attached hydrogens (tertiary/aromatic N) is 3. The van der Waals surface area contributed by atoms with Crippen LogP contribution in [0.5, 0.6) is 0 Å². The highest BCUT2D eigenvalue weighted by Crippen LogP contribution is 2.12. The Kier molecular flexibility index (Phi) is 4.14. The third-order valence-corrected chi connectivity index (χ3v) is 3.02. The molecular formula is C11H14BrN5O. The van der Waals surface area contributed by atoms with E-state index in [0.29, 0.717) is 0 Å². The lowest BCUT2D eigenvalue weighted by atomic mass is 10.4. The molecule has 18 heavy (non-hydrogen) atoms. The molecule has 0 aromatic carbocycles. The summed E-state index contributed by atoms with van der Waals surface area (Å²) in [7, 11) is 1.83. The first-order valence-corrected chi connectivity index (χ1v) is 6.45. The Hall–Kier alpha value is -1.63. The minimum absolute atomic E-state index is 0.204. The van der Waals surface area contributed by atoms with Crippen molar-refractivity contribution in [3.05, 3.63) is 22.9 Å². The van der Waals surface area contributed by atoms with Crippen molar-refractivity contribution in [2.24, 2.45) is 0 Å². The molecule has 7 heteroatoms. The molecule has 1 aliphatic rings. The van der Waals surface area contributed by atoms with E-state index in [2.05, 4.69) is 36.6 Å². The summed E-state index contributed by atoms with van der Waals surface area (Å²) in [5.74, 6) is 1.02. The second-order valence-corrected chi connectivity index (χ2v) is 4.59. The van der Waals surface area contributed by atoms with E-state index in [1.54, 1.807) is 10.7 Å². The van der Waals surface area contributed by atoms with Gasteiger partial charge in [0.25, 0.3) is 0 Å². The van der Waals surface area contributed by atoms with Crippen molar-refractivity contribution in [3.8, 4) is 0 Å². The lowest BCUT2D eigenvalue weighted by Gasteiger charge is -1.98. The van der Waals surface area contributed by atoms with E-state index < -0.39 is 0 Å². The second-order valence-electron chi connectivity index (χ2n) is 3.77. The molecule has 0 radical (unpaired) electrons. The van der Waals surface area contributed by atoms with Crippen molar-refractivity contribution in [1.82, 2.24) is 19.9 Å². The summed E-state index contributed by atoms with van der Waals surface area (Å²) in [6.45, 7) is 0.888. The summed E-state index contributed by atoms with van der Waals surface area (Å²) in [6.07, 6.45) is 3.49. The molecule has 1 amide bonds. The van der Waals surface area contributed by atoms with Crippen LogP contribution in [0.3, 0.4) is 0 Å². The average molecular weight is 312 g/mol. The van der Waals surface area contributed by atoms with E-state index in [-0.39, 0.29) is 5.91 Å². The first-order chi connectivity index (χ1) is 8.70. The van der Waals surface area contributed by atoms with Gasteiger partial charge in [0, 0.05) is 20.0 Å². The van der Waals surface area contributed by atoms with E-state index in [4.69, 9.17) is 0 Å². The van der Waals surface area contributed by atoms with Gasteiger partial charge in [0.2, 0.25) is 5.91 Å². The summed E-state index contributed by atoms with van der Waals surface area (Å²) in [5.41, 5.74) is 0.834. The minimum Gasteiger partial charge on any atom is -0.372 e. The van der Waals surface area contributed by atoms with Crippen molar-refractivity contribution in [1.29, 1.82) is 0 Å². The number of carbonyl (C=O) groups excluding carboxylic acids is 1. The van der Waals surface area contributed by atoms with Crippen LogP contribution in [0.15, 0.2) is 22.9 Å². The molecule has 0 atom stereocenters. The Balaban J connectivity index is 0.000000169. The second kappa shape index (κ2) is 5.81. The van der Waals surface area contributed by atoms with Crippen LogP contribution in [0.1, 0.15) is 12.8 Å². The number of rotatable bonds is 1. The number of carbonyl (C=O) groups is 1. The topological polar surface area (TPSA) is 71.3 Å². The molecule has 96 valence electrons. The highest BCUT2D eigenvalue weighted by molar-refractivity contribution is 9.10. The Bertz CT molecular complexity index is 545. The predicted molar refractivity (Wildman–Crippen MR) is 72.5 cm³/mol. The van der Waals surface area contributed by atoms with Crippen LogP contribution in [0.25, 0.3) is 5.65 Å². The van der Waals surface area contributed by atoms with Crippen LogP contribution in [-0.2, 0) is 4.79 Å². The Labute approximate surface area is 113 Å². The molecule has 1 aliphatic heterocycles. The monoisotopic (exact) mass is 311 g/mol. The zero-order chi connectivity index (χ0) is 13.0. The van der Waals surface area contributed by atoms with Crippen LogP contribution in [0.4, 0.5) is 5.82 Å². The van der Waals surface area contributed by atoms with Gasteiger partial charge >= 0.3 is 0 Å². The van der Waals surface area contributed by atoms with Gasteiger partial charge in [-0.1, -0.05) is 0 Å². The zero-order valence-corrected chi connectivity index (χ0v) is 11.6. The summed E-state index contributed by atoms with van der Waals surface area (Å²) in [6, 6.07) is 3.79. The number of hydrogen-bond donors (Lipinski definition) is 2. The third kappa shape index (κ3) is 2.98. The number of halogens is 1. The molecule has 3 rings (SSSR count). The largest absolute Gasteiger partial charge is 0.372 e. The van der Waals surface area contributed by atoms with Gasteiger partial charge in [-0.3, -0.25) is 4.79 Å². The molecule has 1 fully saturated rings. The number of amides is 1. The minimum atomic E-state index is 0.204. The number of hydrogen-bond acceptors (Lipinski definition) is 4. The molecular weight excluding hydrogens is 298 g/mol. The molecule has 0 bridgehead atoms. The lowest BCUT2D eigenvalue weighted by Crippen LogP contribution is -2.12. The summed E-state index contributed by atoms with van der Waals surface area (Å²) in [5, 5.41) is 9.89. The molecule has 6 nitrogen and oxygen atoms in total. The molecule has 3 heterocycles. The van der Waals surface area contributed by atoms with Crippen molar-refractivity contribution >= 4 is 33.3 Å². The Morgan fingerprint density at radius 2 is 2.33 bits per heavy atom. The van der Waals surface area contributed by atoms with Crippen LogP contribution in [0, 0.1) is 0 Å². The van der Waals surface area contributed by atoms with Gasteiger partial charge in [-0.2, -0.15) is 0 Å². The lowest BCUT2D eigenvalue weighted by molar-refractivity contribution is -0.119. The maximum absolute atomic E-state index is 10.1. The van der Waals surface area contributed by atoms with Gasteiger partial charge in [-0.25, -0.2) is 9.50 Å². The molecule has 2 aromatic heterocycles.